The molecule has 1 aromatic heterocycles. The molecule has 1 saturated heterocycles. The van der Waals surface area contributed by atoms with Gasteiger partial charge in [0.2, 0.25) is 5.55 Å². The molecule has 2 aromatic carbocycles. The second-order valence-electron chi connectivity index (χ2n) is 7.04. The van der Waals surface area contributed by atoms with Crippen LogP contribution in [0.4, 0.5) is 5.69 Å². The molecule has 1 aliphatic heterocycles. The zero-order valence-electron chi connectivity index (χ0n) is 15.9. The molecule has 0 radical (unpaired) electrons. The first kappa shape index (κ1) is 20.1. The van der Waals surface area contributed by atoms with E-state index in [2.05, 4.69) is 26.2 Å². The van der Waals surface area contributed by atoms with Gasteiger partial charge in [0, 0.05) is 28.0 Å². The van der Waals surface area contributed by atoms with Gasteiger partial charge in [-0.2, -0.15) is 0 Å². The first-order valence-electron chi connectivity index (χ1n) is 9.44. The molecule has 2 heterocycles. The minimum absolute atomic E-state index is 0.0565. The summed E-state index contributed by atoms with van der Waals surface area (Å²) in [6.07, 6.45) is 2.03. The molecule has 1 amide bonds. The maximum absolute atomic E-state index is 13.0. The van der Waals surface area contributed by atoms with Gasteiger partial charge in [0.25, 0.3) is 5.91 Å². The molecule has 29 heavy (non-hydrogen) atoms. The Morgan fingerprint density at radius 1 is 1.28 bits per heavy atom. The smallest absolute Gasteiger partial charge is 0.256 e. The molecule has 7 heteroatoms. The fourth-order valence-electron chi connectivity index (χ4n) is 3.27. The van der Waals surface area contributed by atoms with E-state index in [9.17, 15) is 4.79 Å². The van der Waals surface area contributed by atoms with Crippen LogP contribution >= 0.6 is 27.5 Å². The summed E-state index contributed by atoms with van der Waals surface area (Å²) in [5, 5.41) is 4.33. The Labute approximate surface area is 181 Å². The molecular formula is C22H20BrClN2O3. The summed E-state index contributed by atoms with van der Waals surface area (Å²) in [6.45, 7) is 3.14. The van der Waals surface area contributed by atoms with Gasteiger partial charge in [0.15, 0.2) is 0 Å². The second kappa shape index (κ2) is 8.69. The molecule has 4 rings (SSSR count). The number of ether oxygens (including phenoxy) is 1. The summed E-state index contributed by atoms with van der Waals surface area (Å²) in [4.78, 5) is 17.6. The Hall–Kier alpha value is -2.15. The van der Waals surface area contributed by atoms with Crippen molar-refractivity contribution in [3.8, 4) is 0 Å². The molecule has 0 saturated carbocycles. The lowest BCUT2D eigenvalue weighted by atomic mass is 10.1. The van der Waals surface area contributed by atoms with Crippen molar-refractivity contribution < 1.29 is 13.9 Å². The quantitative estimate of drug-likeness (QED) is 0.557. The molecule has 3 aromatic rings. The summed E-state index contributed by atoms with van der Waals surface area (Å²) in [6, 6.07) is 12.9. The average Bonchev–Trinajstić information content (AvgIpc) is 3.22. The number of rotatable bonds is 4. The van der Waals surface area contributed by atoms with Crippen molar-refractivity contribution in [2.24, 2.45) is 4.99 Å². The SMILES string of the molecule is Cc1ccc(Cl)cc1N=c1oc2ccc(Br)cc2cc1C(=O)NCC1CCCO1. The molecule has 5 nitrogen and oxygen atoms in total. The Bertz CT molecular complexity index is 1140. The molecule has 1 unspecified atom stereocenters. The predicted molar refractivity (Wildman–Crippen MR) is 117 cm³/mol. The van der Waals surface area contributed by atoms with Crippen molar-refractivity contribution in [3.05, 3.63) is 68.6 Å². The largest absolute Gasteiger partial charge is 0.438 e. The van der Waals surface area contributed by atoms with Gasteiger partial charge in [-0.1, -0.05) is 33.6 Å². The van der Waals surface area contributed by atoms with E-state index in [0.29, 0.717) is 28.4 Å². The van der Waals surface area contributed by atoms with Crippen molar-refractivity contribution in [1.82, 2.24) is 5.32 Å². The summed E-state index contributed by atoms with van der Waals surface area (Å²) < 4.78 is 12.5. The molecule has 0 bridgehead atoms. The Balaban J connectivity index is 1.79. The third kappa shape index (κ3) is 4.71. The Morgan fingerprint density at radius 2 is 2.14 bits per heavy atom. The number of carbonyl (C=O) groups excluding carboxylic acids is 1. The van der Waals surface area contributed by atoms with Crippen molar-refractivity contribution >= 4 is 50.1 Å². The van der Waals surface area contributed by atoms with Crippen LogP contribution in [0.2, 0.25) is 5.02 Å². The van der Waals surface area contributed by atoms with Crippen LogP contribution in [0.3, 0.4) is 0 Å². The standard InChI is InChI=1S/C22H20BrClN2O3/c1-13-4-6-16(24)11-19(13)26-22-18(21(27)25-12-17-3-2-8-28-17)10-14-9-15(23)5-7-20(14)29-22/h4-7,9-11,17H,2-3,8,12H2,1H3,(H,25,27). The molecule has 150 valence electrons. The van der Waals surface area contributed by atoms with Gasteiger partial charge in [-0.05, 0) is 61.7 Å². The number of nitrogens with one attached hydrogen (secondary N) is 1. The lowest BCUT2D eigenvalue weighted by Gasteiger charge is -2.11. The number of fused-ring (bicyclic) bond motifs is 1. The van der Waals surface area contributed by atoms with Crippen molar-refractivity contribution in [2.45, 2.75) is 25.9 Å². The van der Waals surface area contributed by atoms with Crippen molar-refractivity contribution in [2.75, 3.05) is 13.2 Å². The Morgan fingerprint density at radius 3 is 2.93 bits per heavy atom. The third-order valence-corrected chi connectivity index (χ3v) is 5.59. The fourth-order valence-corrected chi connectivity index (χ4v) is 3.81. The predicted octanol–water partition coefficient (Wildman–Crippen LogP) is 5.30. The van der Waals surface area contributed by atoms with Gasteiger partial charge in [-0.15, -0.1) is 0 Å². The number of halogens is 2. The van der Waals surface area contributed by atoms with Crippen LogP contribution in [0.15, 0.2) is 56.3 Å². The van der Waals surface area contributed by atoms with Gasteiger partial charge in [-0.3, -0.25) is 4.79 Å². The van der Waals surface area contributed by atoms with Crippen molar-refractivity contribution in [3.63, 3.8) is 0 Å². The number of nitrogens with zero attached hydrogens (tertiary/aromatic N) is 1. The van der Waals surface area contributed by atoms with Gasteiger partial charge in [0.1, 0.15) is 11.1 Å². The van der Waals surface area contributed by atoms with Gasteiger partial charge >= 0.3 is 0 Å². The van der Waals surface area contributed by atoms with E-state index in [4.69, 9.17) is 20.8 Å². The number of hydrogen-bond donors (Lipinski definition) is 1. The minimum atomic E-state index is -0.246. The Kier molecular flexibility index (Phi) is 6.04. The highest BCUT2D eigenvalue weighted by Crippen LogP contribution is 2.24. The van der Waals surface area contributed by atoms with Crippen LogP contribution in [0.1, 0.15) is 28.8 Å². The molecule has 0 spiro atoms. The van der Waals surface area contributed by atoms with Gasteiger partial charge in [0.05, 0.1) is 11.8 Å². The fraction of sp³-hybridized carbons (Fsp3) is 0.273. The maximum atomic E-state index is 13.0. The van der Waals surface area contributed by atoms with E-state index in [0.717, 1.165) is 34.9 Å². The van der Waals surface area contributed by atoms with Gasteiger partial charge in [-0.25, -0.2) is 4.99 Å². The zero-order chi connectivity index (χ0) is 20.4. The lowest BCUT2D eigenvalue weighted by molar-refractivity contribution is 0.0854. The average molecular weight is 476 g/mol. The molecule has 1 aliphatic rings. The van der Waals surface area contributed by atoms with Gasteiger partial charge < -0.3 is 14.5 Å². The monoisotopic (exact) mass is 474 g/mol. The third-order valence-electron chi connectivity index (χ3n) is 4.86. The molecule has 1 atom stereocenters. The highest BCUT2D eigenvalue weighted by Gasteiger charge is 2.18. The topological polar surface area (TPSA) is 63.8 Å². The van der Waals surface area contributed by atoms with Crippen LogP contribution < -0.4 is 10.9 Å². The maximum Gasteiger partial charge on any atom is 0.256 e. The van der Waals surface area contributed by atoms with E-state index in [1.165, 1.54) is 0 Å². The van der Waals surface area contributed by atoms with Crippen LogP contribution in [0.25, 0.3) is 11.0 Å². The summed E-state index contributed by atoms with van der Waals surface area (Å²) in [7, 11) is 0. The first-order valence-corrected chi connectivity index (χ1v) is 10.6. The van der Waals surface area contributed by atoms with E-state index in [-0.39, 0.29) is 17.6 Å². The lowest BCUT2D eigenvalue weighted by Crippen LogP contribution is -2.34. The molecule has 1 N–H and O–H groups in total. The summed E-state index contributed by atoms with van der Waals surface area (Å²) in [5.74, 6) is -0.246. The summed E-state index contributed by atoms with van der Waals surface area (Å²) >= 11 is 9.59. The first-order chi connectivity index (χ1) is 14.0. The second-order valence-corrected chi connectivity index (χ2v) is 8.39. The zero-order valence-corrected chi connectivity index (χ0v) is 18.2. The summed E-state index contributed by atoms with van der Waals surface area (Å²) in [5.41, 5.74) is 2.85. The van der Waals surface area contributed by atoms with E-state index < -0.39 is 0 Å². The number of aryl methyl sites for hydroxylation is 1. The molecule has 1 fully saturated rings. The molecular weight excluding hydrogens is 456 g/mol. The molecule has 0 aliphatic carbocycles. The minimum Gasteiger partial charge on any atom is -0.438 e. The van der Waals surface area contributed by atoms with E-state index in [1.54, 1.807) is 18.2 Å². The van der Waals surface area contributed by atoms with Crippen LogP contribution in [0, 0.1) is 6.92 Å². The highest BCUT2D eigenvalue weighted by molar-refractivity contribution is 9.10. The van der Waals surface area contributed by atoms with Crippen LogP contribution in [-0.2, 0) is 4.74 Å². The number of carbonyl (C=O) groups is 1. The normalized spacial score (nSPS) is 17.1. The highest BCUT2D eigenvalue weighted by atomic mass is 79.9. The van der Waals surface area contributed by atoms with E-state index >= 15 is 0 Å². The number of hydrogen-bond acceptors (Lipinski definition) is 4. The van der Waals surface area contributed by atoms with Crippen molar-refractivity contribution in [1.29, 1.82) is 0 Å². The van der Waals surface area contributed by atoms with Crippen LogP contribution in [0.5, 0.6) is 0 Å². The van der Waals surface area contributed by atoms with Crippen LogP contribution in [-0.4, -0.2) is 25.2 Å². The number of benzene rings is 2. The van der Waals surface area contributed by atoms with E-state index in [1.807, 2.05) is 31.2 Å². The number of amides is 1.